The molecule has 0 radical (unpaired) electrons. The van der Waals surface area contributed by atoms with Crippen LogP contribution in [0, 0.1) is 0 Å². The molecule has 2 aliphatic heterocycles. The topological polar surface area (TPSA) is 50.5 Å². The molecule has 6 aromatic rings. The minimum Gasteiger partial charge on any atom is -0.261 e. The monoisotopic (exact) mass is 712 g/mol. The van der Waals surface area contributed by atoms with Crippen LogP contribution in [0.3, 0.4) is 0 Å². The van der Waals surface area contributed by atoms with Gasteiger partial charge < -0.3 is 0 Å². The fraction of sp³-hybridized carbons (Fsp3) is 0.200. The Hall–Kier alpha value is -5.04. The first-order valence-electron chi connectivity index (χ1n) is 16.8. The quantitative estimate of drug-likeness (QED) is 0.168. The van der Waals surface area contributed by atoms with E-state index in [1.165, 1.54) is 31.7 Å². The van der Waals surface area contributed by atoms with Gasteiger partial charge in [-0.05, 0) is 100 Å². The molecule has 2 aliphatic rings. The molecule has 6 heteroatoms. The van der Waals surface area contributed by atoms with Crippen molar-refractivity contribution in [3.05, 3.63) is 155 Å². The number of thiazole rings is 2. The Kier molecular flexibility index (Phi) is 20.6. The molecule has 0 fully saturated rings. The highest BCUT2D eigenvalue weighted by atomic mass is 32.1. The Morgan fingerprint density at radius 1 is 0.490 bits per heavy atom. The van der Waals surface area contributed by atoms with Crippen molar-refractivity contribution in [1.82, 2.24) is 9.97 Å². The molecule has 8 rings (SSSR count). The van der Waals surface area contributed by atoms with Crippen molar-refractivity contribution in [3.8, 4) is 0 Å². The number of hydrogen-bond acceptors (Lipinski definition) is 6. The molecular weight excluding hydrogens is 661 g/mol. The smallest absolute Gasteiger partial charge is 0.0812 e. The molecule has 4 aromatic carbocycles. The van der Waals surface area contributed by atoms with E-state index >= 15 is 0 Å². The number of rotatable bonds is 2. The molecule has 0 saturated heterocycles. The lowest BCUT2D eigenvalue weighted by atomic mass is 10.1. The van der Waals surface area contributed by atoms with Gasteiger partial charge in [-0.25, -0.2) is 9.97 Å². The summed E-state index contributed by atoms with van der Waals surface area (Å²) >= 11 is 3.36. The second-order valence-corrected chi connectivity index (χ2v) is 12.6. The molecule has 0 unspecified atom stereocenters. The van der Waals surface area contributed by atoms with Crippen molar-refractivity contribution >= 4 is 79.1 Å². The Morgan fingerprint density at radius 3 is 1.61 bits per heavy atom. The summed E-state index contributed by atoms with van der Waals surface area (Å²) in [6, 6.07) is 29.1. The van der Waals surface area contributed by atoms with Crippen molar-refractivity contribution in [2.45, 2.75) is 61.8 Å². The third-order valence-electron chi connectivity index (χ3n) is 7.16. The number of aliphatic imine (C=N–C) groups is 2. The predicted molar refractivity (Wildman–Crippen MR) is 233 cm³/mol. The van der Waals surface area contributed by atoms with Crippen molar-refractivity contribution in [2.75, 3.05) is 0 Å². The number of hydrogen-bond donors (Lipinski definition) is 0. The van der Waals surface area contributed by atoms with E-state index in [9.17, 15) is 0 Å². The van der Waals surface area contributed by atoms with Gasteiger partial charge in [0.05, 0.1) is 42.8 Å². The highest BCUT2D eigenvalue weighted by Gasteiger charge is 2.05. The van der Waals surface area contributed by atoms with Gasteiger partial charge in [-0.3, -0.25) is 9.98 Å². The molecule has 0 bridgehead atoms. The minimum atomic E-state index is 0. The number of allylic oxidation sites excluding steroid dienone is 6. The molecule has 0 N–H and O–H groups in total. The Balaban J connectivity index is 0.000000220. The van der Waals surface area contributed by atoms with E-state index in [0.29, 0.717) is 0 Å². The van der Waals surface area contributed by atoms with Gasteiger partial charge in [0.2, 0.25) is 0 Å². The van der Waals surface area contributed by atoms with Crippen LogP contribution < -0.4 is 0 Å². The molecule has 0 amide bonds. The molecule has 2 aromatic heterocycles. The predicted octanol–water partition coefficient (Wildman–Crippen LogP) is 14.3. The van der Waals surface area contributed by atoms with Gasteiger partial charge in [0.15, 0.2) is 0 Å². The Bertz CT molecular complexity index is 1990. The van der Waals surface area contributed by atoms with Gasteiger partial charge in [0, 0.05) is 25.3 Å². The average Bonchev–Trinajstić information content (AvgIpc) is 4.00. The summed E-state index contributed by atoms with van der Waals surface area (Å²) in [6.07, 6.45) is 22.2. The molecule has 0 aliphatic carbocycles. The van der Waals surface area contributed by atoms with E-state index < -0.39 is 0 Å². The van der Waals surface area contributed by atoms with Crippen LogP contribution in [0.2, 0.25) is 0 Å². The molecule has 4 nitrogen and oxygen atoms in total. The van der Waals surface area contributed by atoms with E-state index in [2.05, 4.69) is 80.6 Å². The van der Waals surface area contributed by atoms with Gasteiger partial charge in [-0.2, -0.15) is 0 Å². The summed E-state index contributed by atoms with van der Waals surface area (Å²) in [7, 11) is 0. The molecular formula is C45H52N4S2. The third-order valence-corrected chi connectivity index (χ3v) is 8.76. The van der Waals surface area contributed by atoms with Gasteiger partial charge in [0.1, 0.15) is 0 Å². The van der Waals surface area contributed by atoms with E-state index in [1.807, 2.05) is 138 Å². The van der Waals surface area contributed by atoms with Gasteiger partial charge in [-0.15, -0.1) is 22.7 Å². The number of para-hydroxylation sites is 2. The van der Waals surface area contributed by atoms with Gasteiger partial charge >= 0.3 is 0 Å². The zero-order valence-electron chi connectivity index (χ0n) is 30.0. The van der Waals surface area contributed by atoms with Gasteiger partial charge in [-0.1, -0.05) is 105 Å². The summed E-state index contributed by atoms with van der Waals surface area (Å²) in [5, 5.41) is 0. The lowest BCUT2D eigenvalue weighted by Gasteiger charge is -1.97. The SMILES string of the molecule is C.C1=Nc2ccccc2C1.CC=CC.CC=CC.CC=Cc1ccc2c(c1)N=CC2.CC=Cc1ccc2ncsc2c1.c1ccc2scnc2c1. The van der Waals surface area contributed by atoms with Crippen LogP contribution in [0.5, 0.6) is 0 Å². The van der Waals surface area contributed by atoms with E-state index in [1.54, 1.807) is 22.7 Å². The molecule has 0 atom stereocenters. The van der Waals surface area contributed by atoms with E-state index in [0.717, 1.165) is 35.2 Å². The van der Waals surface area contributed by atoms with Crippen LogP contribution >= 0.6 is 22.7 Å². The summed E-state index contributed by atoms with van der Waals surface area (Å²) < 4.78 is 2.52. The van der Waals surface area contributed by atoms with Crippen LogP contribution in [0.1, 0.15) is 71.2 Å². The molecule has 51 heavy (non-hydrogen) atoms. The van der Waals surface area contributed by atoms with Crippen LogP contribution in [-0.2, 0) is 12.8 Å². The van der Waals surface area contributed by atoms with Crippen LogP contribution in [0.25, 0.3) is 32.6 Å². The fourth-order valence-electron chi connectivity index (χ4n) is 4.44. The van der Waals surface area contributed by atoms with E-state index in [4.69, 9.17) is 0 Å². The average molecular weight is 713 g/mol. The first-order chi connectivity index (χ1) is 24.6. The maximum atomic E-state index is 4.28. The van der Waals surface area contributed by atoms with Crippen molar-refractivity contribution in [1.29, 1.82) is 0 Å². The summed E-state index contributed by atoms with van der Waals surface area (Å²) in [5.74, 6) is 0. The zero-order valence-corrected chi connectivity index (χ0v) is 31.7. The maximum Gasteiger partial charge on any atom is 0.0812 e. The van der Waals surface area contributed by atoms with Crippen molar-refractivity contribution < 1.29 is 0 Å². The summed E-state index contributed by atoms with van der Waals surface area (Å²) in [5.41, 5.74) is 13.4. The standard InChI is InChI=1S/C11H11N.C10H9NS.C8H7N.C7H5NS.2C4H8.CH4/c1-2-3-9-4-5-10-6-7-12-11(10)8-9;1-2-3-8-4-5-9-10(6-8)12-7-11-9;1-2-4-8-7(3-1)5-6-9-8;1-2-4-7-6(3-1)8-5-9-7;2*1-3-4-2;/h2-5,7-8H,6H2,1H3;2-7H,1H3;1-4,6H,5H2;1-5H;2*3-4H,1-2H3;1H4. The molecule has 264 valence electrons. The van der Waals surface area contributed by atoms with Crippen molar-refractivity contribution in [3.63, 3.8) is 0 Å². The first-order valence-corrected chi connectivity index (χ1v) is 18.6. The number of nitrogens with zero attached hydrogens (tertiary/aromatic N) is 4. The van der Waals surface area contributed by atoms with Crippen LogP contribution in [0.4, 0.5) is 11.4 Å². The number of aromatic nitrogens is 2. The summed E-state index contributed by atoms with van der Waals surface area (Å²) in [4.78, 5) is 16.8. The highest BCUT2D eigenvalue weighted by molar-refractivity contribution is 7.17. The number of benzene rings is 4. The summed E-state index contributed by atoms with van der Waals surface area (Å²) in [6.45, 7) is 12.0. The third kappa shape index (κ3) is 14.8. The molecule has 4 heterocycles. The lowest BCUT2D eigenvalue weighted by Crippen LogP contribution is -1.78. The lowest BCUT2D eigenvalue weighted by molar-refractivity contribution is 1.40. The Morgan fingerprint density at radius 2 is 1.00 bits per heavy atom. The normalized spacial score (nSPS) is 11.7. The van der Waals surface area contributed by atoms with Crippen LogP contribution in [0.15, 0.2) is 142 Å². The van der Waals surface area contributed by atoms with Crippen LogP contribution in [-0.4, -0.2) is 22.4 Å². The second kappa shape index (κ2) is 25.0. The van der Waals surface area contributed by atoms with Crippen molar-refractivity contribution in [2.24, 2.45) is 9.98 Å². The maximum absolute atomic E-state index is 4.28. The fourth-order valence-corrected chi connectivity index (χ4v) is 5.84. The van der Waals surface area contributed by atoms with E-state index in [-0.39, 0.29) is 7.43 Å². The largest absolute Gasteiger partial charge is 0.261 e. The molecule has 0 saturated carbocycles. The van der Waals surface area contributed by atoms with Gasteiger partial charge in [0.25, 0.3) is 0 Å². The highest BCUT2D eigenvalue weighted by Crippen LogP contribution is 2.26. The first kappa shape index (κ1) is 42.1. The zero-order chi connectivity index (χ0) is 35.8. The number of fused-ring (bicyclic) bond motifs is 4. The molecule has 0 spiro atoms. The minimum absolute atomic E-state index is 0. The Labute approximate surface area is 314 Å². The second-order valence-electron chi connectivity index (χ2n) is 10.8.